The highest BCUT2D eigenvalue weighted by atomic mass is 31.1. The van der Waals surface area contributed by atoms with E-state index in [1.54, 1.807) is 6.08 Å². The van der Waals surface area contributed by atoms with Crippen molar-refractivity contribution >= 4 is 35.7 Å². The first-order valence-corrected chi connectivity index (χ1v) is 19.0. The molecule has 1 heterocycles. The van der Waals surface area contributed by atoms with Gasteiger partial charge >= 0.3 is 0 Å². The SMILES string of the molecule is CC1=C2C=C(CCP(c3c(C)cc(C)cc3C)c3c(C)cc(C)cc3C)CC2[B-](c2c(F)c(F)c(F)c(F)c2F)(c2c(F)c(F)c(F)c(F)c2F)[N+]1(C)C. The molecule has 1 aliphatic heterocycles. The summed E-state index contributed by atoms with van der Waals surface area (Å²) >= 11 is 0. The topological polar surface area (TPSA) is 0 Å². The van der Waals surface area contributed by atoms with Crippen LogP contribution in [0.3, 0.4) is 0 Å². The van der Waals surface area contributed by atoms with E-state index < -0.39 is 93.5 Å². The molecule has 0 bridgehead atoms. The Morgan fingerprint density at radius 3 is 1.24 bits per heavy atom. The first-order chi connectivity index (χ1) is 25.1. The molecule has 0 spiro atoms. The molecule has 2 aliphatic rings. The van der Waals surface area contributed by atoms with Gasteiger partial charge in [-0.2, -0.15) is 0 Å². The second-order valence-corrected chi connectivity index (χ2v) is 17.6. The Bertz CT molecular complexity index is 2120. The highest BCUT2D eigenvalue weighted by Crippen LogP contribution is 2.56. The third-order valence-electron chi connectivity index (χ3n) is 12.0. The lowest BCUT2D eigenvalue weighted by atomic mass is 9.19. The number of benzene rings is 4. The monoisotopic (exact) mass is 777 g/mol. The van der Waals surface area contributed by atoms with Crippen LogP contribution in [0.2, 0.25) is 5.82 Å². The van der Waals surface area contributed by atoms with E-state index in [1.807, 2.05) is 41.5 Å². The number of quaternary nitrogens is 1. The average Bonchev–Trinajstić information content (AvgIpc) is 3.57. The Morgan fingerprint density at radius 1 is 0.556 bits per heavy atom. The van der Waals surface area contributed by atoms with Crippen molar-refractivity contribution < 1.29 is 48.3 Å². The molecule has 0 N–H and O–H groups in total. The number of hydrogen-bond donors (Lipinski definition) is 0. The van der Waals surface area contributed by atoms with Gasteiger partial charge in [-0.1, -0.05) is 70.2 Å². The van der Waals surface area contributed by atoms with Crippen LogP contribution >= 0.6 is 7.92 Å². The molecule has 0 amide bonds. The van der Waals surface area contributed by atoms with Gasteiger partial charge in [-0.25, -0.2) is 43.9 Å². The highest BCUT2D eigenvalue weighted by molar-refractivity contribution is 7.73. The third kappa shape index (κ3) is 5.60. The normalized spacial score (nSPS) is 17.6. The van der Waals surface area contributed by atoms with E-state index >= 15 is 35.1 Å². The van der Waals surface area contributed by atoms with Gasteiger partial charge in [0.05, 0.1) is 5.70 Å². The van der Waals surface area contributed by atoms with Crippen molar-refractivity contribution in [2.75, 3.05) is 20.3 Å². The fraction of sp³-hybridized carbons (Fsp3) is 0.317. The van der Waals surface area contributed by atoms with Crippen molar-refractivity contribution in [2.24, 2.45) is 0 Å². The van der Waals surface area contributed by atoms with Gasteiger partial charge in [0.15, 0.2) is 34.9 Å². The van der Waals surface area contributed by atoms with Crippen molar-refractivity contribution in [3.8, 4) is 0 Å². The lowest BCUT2D eigenvalue weighted by Gasteiger charge is -2.55. The summed E-state index contributed by atoms with van der Waals surface area (Å²) in [7, 11) is 1.38. The molecule has 4 aromatic carbocycles. The predicted octanol–water partition coefficient (Wildman–Crippen LogP) is 9.58. The summed E-state index contributed by atoms with van der Waals surface area (Å²) < 4.78 is 153. The molecule has 1 aliphatic carbocycles. The molecule has 0 fully saturated rings. The van der Waals surface area contributed by atoms with Gasteiger partial charge in [0, 0.05) is 21.0 Å². The molecule has 0 saturated heterocycles. The van der Waals surface area contributed by atoms with Crippen LogP contribution in [0.5, 0.6) is 0 Å². The summed E-state index contributed by atoms with van der Waals surface area (Å²) in [6.07, 6.45) is -1.70. The van der Waals surface area contributed by atoms with E-state index in [1.165, 1.54) is 31.6 Å². The van der Waals surface area contributed by atoms with Gasteiger partial charge in [-0.05, 0) is 100 Å². The van der Waals surface area contributed by atoms with Crippen LogP contribution in [-0.4, -0.2) is 30.9 Å². The Kier molecular flexibility index (Phi) is 10.1. The summed E-state index contributed by atoms with van der Waals surface area (Å²) in [6.45, 7) is 13.7. The van der Waals surface area contributed by atoms with Crippen LogP contribution in [0.1, 0.15) is 53.1 Å². The molecule has 54 heavy (non-hydrogen) atoms. The number of hydrogen-bond acceptors (Lipinski definition) is 0. The summed E-state index contributed by atoms with van der Waals surface area (Å²) in [4.78, 5) is 0. The Hall–Kier alpha value is -3.89. The maximum absolute atomic E-state index is 16.1. The molecule has 286 valence electrons. The van der Waals surface area contributed by atoms with E-state index in [2.05, 4.69) is 24.3 Å². The highest BCUT2D eigenvalue weighted by Gasteiger charge is 2.64. The minimum atomic E-state index is -4.10. The zero-order chi connectivity index (χ0) is 40.1. The summed E-state index contributed by atoms with van der Waals surface area (Å²) in [5.74, 6) is -25.7. The zero-order valence-electron chi connectivity index (χ0n) is 31.3. The molecule has 0 saturated carbocycles. The van der Waals surface area contributed by atoms with Crippen LogP contribution in [0.4, 0.5) is 43.9 Å². The lowest BCUT2D eigenvalue weighted by Crippen LogP contribution is -2.79. The lowest BCUT2D eigenvalue weighted by molar-refractivity contribution is -0.743. The van der Waals surface area contributed by atoms with Crippen molar-refractivity contribution in [1.82, 2.24) is 0 Å². The van der Waals surface area contributed by atoms with E-state index in [9.17, 15) is 8.78 Å². The van der Waals surface area contributed by atoms with Crippen LogP contribution in [0, 0.1) is 99.7 Å². The fourth-order valence-electron chi connectivity index (χ4n) is 9.84. The van der Waals surface area contributed by atoms with E-state index in [-0.39, 0.29) is 17.7 Å². The predicted molar refractivity (Wildman–Crippen MR) is 196 cm³/mol. The maximum Gasteiger partial charge on any atom is 0.287 e. The van der Waals surface area contributed by atoms with Gasteiger partial charge in [-0.15, -0.1) is 0 Å². The van der Waals surface area contributed by atoms with Crippen molar-refractivity contribution in [1.29, 1.82) is 0 Å². The maximum atomic E-state index is 16.1. The van der Waals surface area contributed by atoms with Crippen LogP contribution in [0.25, 0.3) is 0 Å². The number of aryl methyl sites for hydroxylation is 6. The molecule has 1 atom stereocenters. The molecule has 0 radical (unpaired) electrons. The largest absolute Gasteiger partial charge is 0.482 e. The quantitative estimate of drug-likeness (QED) is 0.0577. The Labute approximate surface area is 309 Å². The molecule has 13 heteroatoms. The second-order valence-electron chi connectivity index (χ2n) is 15.4. The number of allylic oxidation sites excluding steroid dienone is 4. The molecule has 1 unspecified atom stereocenters. The molecule has 4 aromatic rings. The number of nitrogens with zero attached hydrogens (tertiary/aromatic N) is 1. The minimum absolute atomic E-state index is 0.200. The van der Waals surface area contributed by atoms with Gasteiger partial charge in [0.2, 0.25) is 0 Å². The Morgan fingerprint density at radius 2 is 0.889 bits per heavy atom. The molecular weight excluding hydrogens is 738 g/mol. The van der Waals surface area contributed by atoms with Gasteiger partial charge in [-0.3, -0.25) is 0 Å². The van der Waals surface area contributed by atoms with Gasteiger partial charge in [0.1, 0.15) is 23.3 Å². The van der Waals surface area contributed by atoms with Crippen LogP contribution in [0.15, 0.2) is 47.2 Å². The van der Waals surface area contributed by atoms with E-state index in [0.29, 0.717) is 18.2 Å². The van der Waals surface area contributed by atoms with Gasteiger partial charge < -0.3 is 4.39 Å². The molecule has 1 nitrogen and oxygen atoms in total. The van der Waals surface area contributed by atoms with Crippen LogP contribution < -0.4 is 21.5 Å². The van der Waals surface area contributed by atoms with Gasteiger partial charge in [0.25, 0.3) is 6.28 Å². The summed E-state index contributed by atoms with van der Waals surface area (Å²) in [5, 5.41) is 2.33. The second kappa shape index (κ2) is 13.7. The molecule has 6 rings (SSSR count). The standard InChI is InChI=1S/C41H39BF10NP/c1-18-12-20(3)40(21(4)13-18)54(41-22(5)14-19(2)15-23(41)6)11-10-25-16-26-24(7)53(8,9)42(27(26)17-25,28-30(43)34(47)38(51)35(48)31(28)44)29-32(45)36(49)39(52)37(50)33(29)46/h12-16,27H,10-11,17H2,1-9H3. The summed E-state index contributed by atoms with van der Waals surface area (Å²) in [5.41, 5.74) is 4.44. The Balaban J connectivity index is 1.57. The van der Waals surface area contributed by atoms with Crippen molar-refractivity contribution in [2.45, 2.75) is 67.1 Å². The summed E-state index contributed by atoms with van der Waals surface area (Å²) in [6, 6.07) is 8.42. The van der Waals surface area contributed by atoms with E-state index in [4.69, 9.17) is 0 Å². The van der Waals surface area contributed by atoms with Crippen molar-refractivity contribution in [3.63, 3.8) is 0 Å². The first kappa shape index (κ1) is 39.8. The third-order valence-corrected chi connectivity index (χ3v) is 15.1. The average molecular weight is 778 g/mol. The zero-order valence-corrected chi connectivity index (χ0v) is 32.2. The first-order valence-electron chi connectivity index (χ1n) is 17.5. The smallest absolute Gasteiger partial charge is 0.287 e. The number of halogens is 10. The molecular formula is C41H39BF10NP. The van der Waals surface area contributed by atoms with Crippen molar-refractivity contribution in [3.05, 3.63) is 139 Å². The number of fused-ring (bicyclic) bond motifs is 1. The van der Waals surface area contributed by atoms with Crippen LogP contribution in [-0.2, 0) is 0 Å². The van der Waals surface area contributed by atoms with E-state index in [0.717, 1.165) is 33.4 Å². The fourth-order valence-corrected chi connectivity index (χ4v) is 13.0. The molecule has 0 aromatic heterocycles. The minimum Gasteiger partial charge on any atom is -0.482 e. The number of rotatable bonds is 7.